The summed E-state index contributed by atoms with van der Waals surface area (Å²) in [5.74, 6) is 0. The third kappa shape index (κ3) is 6.41. The Bertz CT molecular complexity index is 91.1. The second-order valence-corrected chi connectivity index (χ2v) is 4.33. The third-order valence-corrected chi connectivity index (χ3v) is 2.92. The lowest BCUT2D eigenvalue weighted by molar-refractivity contribution is -0.324. The van der Waals surface area contributed by atoms with E-state index in [1.54, 1.807) is 0 Å². The Labute approximate surface area is 62.0 Å². The van der Waals surface area contributed by atoms with Gasteiger partial charge in [-0.2, -0.15) is 0 Å². The van der Waals surface area contributed by atoms with E-state index in [0.29, 0.717) is 0 Å². The summed E-state index contributed by atoms with van der Waals surface area (Å²) in [5, 5.41) is 0. The minimum absolute atomic E-state index is 1.20. The number of nitrogens with zero attached hydrogens (tertiary/aromatic N) is 1. The van der Waals surface area contributed by atoms with Gasteiger partial charge in [-0.05, 0) is 6.42 Å². The van der Waals surface area contributed by atoms with Gasteiger partial charge in [-0.3, -0.25) is 0 Å². The fraction of sp³-hybridized carbons (Fsp3) is 1.00. The predicted octanol–water partition coefficient (Wildman–Crippen LogP) is 2.74. The van der Waals surface area contributed by atoms with Gasteiger partial charge in [0.2, 0.25) is 8.37 Å². The van der Waals surface area contributed by atoms with Gasteiger partial charge in [-0.25, -0.2) is 4.10 Å². The lowest BCUT2D eigenvalue weighted by Gasteiger charge is -1.88. The molecule has 54 valence electrons. The van der Waals surface area contributed by atoms with E-state index in [1.165, 1.54) is 33.9 Å². The zero-order chi connectivity index (χ0) is 7.11. The Kier molecular flexibility index (Phi) is 7.04. The lowest BCUT2D eigenvalue weighted by Crippen LogP contribution is -1.91. The first kappa shape index (κ1) is 9.53. The van der Waals surface area contributed by atoms with Gasteiger partial charge in [-0.15, -0.1) is 0 Å². The molecule has 0 spiro atoms. The normalized spacial score (nSPS) is 12.1. The molecule has 0 radical (unpaired) electrons. The molecule has 0 amide bonds. The molecular weight excluding hydrogens is 148 g/mol. The highest BCUT2D eigenvalue weighted by atomic mass is 31.1. The van der Waals surface area contributed by atoms with Crippen LogP contribution in [0.15, 0.2) is 0 Å². The van der Waals surface area contributed by atoms with Gasteiger partial charge in [0, 0.05) is 6.42 Å². The molecule has 0 bridgehead atoms. The standard InChI is InChI=1S/C6H16NP2/c1-3-5-7(8)9-6-4-2/h3-6,8H2,1-2H3/q+1. The van der Waals surface area contributed by atoms with Crippen molar-refractivity contribution in [1.82, 2.24) is 0 Å². The van der Waals surface area contributed by atoms with Crippen molar-refractivity contribution in [3.63, 3.8) is 0 Å². The molecule has 0 rings (SSSR count). The molecule has 0 aromatic rings. The van der Waals surface area contributed by atoms with E-state index in [9.17, 15) is 0 Å². The summed E-state index contributed by atoms with van der Waals surface area (Å²) in [7, 11) is 4.20. The largest absolute Gasteiger partial charge is 0.210 e. The maximum absolute atomic E-state index is 2.75. The predicted molar refractivity (Wildman–Crippen MR) is 47.2 cm³/mol. The van der Waals surface area contributed by atoms with E-state index in [1.807, 2.05) is 0 Å². The van der Waals surface area contributed by atoms with Crippen molar-refractivity contribution in [3.05, 3.63) is 0 Å². The SMILES string of the molecule is CCCP=[N+](P)CCC. The lowest BCUT2D eigenvalue weighted by atomic mass is 10.5. The van der Waals surface area contributed by atoms with Gasteiger partial charge in [0.1, 0.15) is 6.54 Å². The summed E-state index contributed by atoms with van der Waals surface area (Å²) >= 11 is 0. The first-order valence-electron chi connectivity index (χ1n) is 3.50. The Hall–Kier alpha value is 0.530. The molecule has 0 fully saturated rings. The second kappa shape index (κ2) is 6.65. The van der Waals surface area contributed by atoms with Crippen LogP contribution in [-0.4, -0.2) is 16.8 Å². The maximum atomic E-state index is 2.75. The Morgan fingerprint density at radius 3 is 2.44 bits per heavy atom. The molecule has 0 saturated heterocycles. The summed E-state index contributed by atoms with van der Waals surface area (Å²) in [4.78, 5) is 0. The third-order valence-electron chi connectivity index (χ3n) is 0.958. The smallest absolute Gasteiger partial charge is 0.207 e. The van der Waals surface area contributed by atoms with Gasteiger partial charge in [0.25, 0.3) is 0 Å². The highest BCUT2D eigenvalue weighted by Crippen LogP contribution is 2.06. The van der Waals surface area contributed by atoms with Crippen LogP contribution in [0.2, 0.25) is 0 Å². The van der Waals surface area contributed by atoms with Gasteiger partial charge in [-0.1, -0.05) is 13.8 Å². The Morgan fingerprint density at radius 1 is 1.33 bits per heavy atom. The molecule has 0 aliphatic heterocycles. The molecule has 0 saturated carbocycles. The summed E-state index contributed by atoms with van der Waals surface area (Å²) in [6.07, 6.45) is 3.83. The maximum Gasteiger partial charge on any atom is 0.207 e. The minimum atomic E-state index is 1.20. The van der Waals surface area contributed by atoms with Crippen LogP contribution in [0.5, 0.6) is 0 Å². The monoisotopic (exact) mass is 164 g/mol. The topological polar surface area (TPSA) is 3.01 Å². The van der Waals surface area contributed by atoms with Crippen LogP contribution in [0.25, 0.3) is 0 Å². The van der Waals surface area contributed by atoms with Gasteiger partial charge >= 0.3 is 0 Å². The zero-order valence-corrected chi connectivity index (χ0v) is 8.35. The van der Waals surface area contributed by atoms with E-state index in [0.717, 1.165) is 0 Å². The van der Waals surface area contributed by atoms with Crippen molar-refractivity contribution in [2.45, 2.75) is 26.7 Å². The van der Waals surface area contributed by atoms with Crippen LogP contribution < -0.4 is 0 Å². The Morgan fingerprint density at radius 2 is 2.00 bits per heavy atom. The van der Waals surface area contributed by atoms with Gasteiger partial charge in [0.05, 0.1) is 6.16 Å². The number of rotatable bonds is 4. The highest BCUT2D eigenvalue weighted by Gasteiger charge is 1.91. The minimum Gasteiger partial charge on any atom is -0.210 e. The quantitative estimate of drug-likeness (QED) is 0.562. The van der Waals surface area contributed by atoms with E-state index in [-0.39, 0.29) is 0 Å². The van der Waals surface area contributed by atoms with Crippen molar-refractivity contribution in [3.8, 4) is 0 Å². The Balaban J connectivity index is 3.30. The fourth-order valence-electron chi connectivity index (χ4n) is 0.528. The molecule has 1 nitrogen and oxygen atoms in total. The number of hydrogen-bond donors (Lipinski definition) is 0. The van der Waals surface area contributed by atoms with Crippen molar-refractivity contribution in [2.75, 3.05) is 12.7 Å². The summed E-state index contributed by atoms with van der Waals surface area (Å²) in [6.45, 7) is 5.63. The van der Waals surface area contributed by atoms with Crippen LogP contribution in [0.1, 0.15) is 26.7 Å². The van der Waals surface area contributed by atoms with E-state index in [4.69, 9.17) is 0 Å². The van der Waals surface area contributed by atoms with E-state index < -0.39 is 0 Å². The first-order chi connectivity index (χ1) is 4.31. The zero-order valence-electron chi connectivity index (χ0n) is 6.30. The average Bonchev–Trinajstić information content (AvgIpc) is 1.85. The van der Waals surface area contributed by atoms with Crippen molar-refractivity contribution >= 4 is 17.8 Å². The van der Waals surface area contributed by atoms with Crippen LogP contribution >= 0.6 is 17.8 Å². The first-order valence-corrected chi connectivity index (χ1v) is 5.05. The molecule has 0 aromatic carbocycles. The van der Waals surface area contributed by atoms with Crippen LogP contribution in [-0.2, 0) is 0 Å². The molecule has 0 N–H and O–H groups in total. The molecule has 3 heteroatoms. The molecule has 9 heavy (non-hydrogen) atoms. The number of hydrogen-bond acceptors (Lipinski definition) is 0. The molecule has 0 heterocycles. The highest BCUT2D eigenvalue weighted by molar-refractivity contribution is 7.28. The summed E-state index contributed by atoms with van der Waals surface area (Å²) < 4.78 is 2.28. The molecule has 0 aromatic heterocycles. The van der Waals surface area contributed by atoms with Crippen molar-refractivity contribution < 1.29 is 4.10 Å². The fourth-order valence-corrected chi connectivity index (χ4v) is 1.93. The van der Waals surface area contributed by atoms with Gasteiger partial charge in [0.15, 0.2) is 9.39 Å². The molecule has 0 aliphatic carbocycles. The molecule has 1 unspecified atom stereocenters. The molecule has 1 atom stereocenters. The van der Waals surface area contributed by atoms with Crippen LogP contribution in [0.4, 0.5) is 0 Å². The van der Waals surface area contributed by atoms with Crippen LogP contribution in [0, 0.1) is 0 Å². The summed E-state index contributed by atoms with van der Waals surface area (Å²) in [6, 6.07) is 0. The molecule has 0 aliphatic rings. The summed E-state index contributed by atoms with van der Waals surface area (Å²) in [5.41, 5.74) is 0. The van der Waals surface area contributed by atoms with Gasteiger partial charge < -0.3 is 0 Å². The van der Waals surface area contributed by atoms with E-state index in [2.05, 4.69) is 27.3 Å². The second-order valence-electron chi connectivity index (χ2n) is 2.03. The average molecular weight is 164 g/mol. The van der Waals surface area contributed by atoms with E-state index >= 15 is 0 Å². The van der Waals surface area contributed by atoms with Crippen molar-refractivity contribution in [2.24, 2.45) is 0 Å². The van der Waals surface area contributed by atoms with Crippen LogP contribution in [0.3, 0.4) is 0 Å². The van der Waals surface area contributed by atoms with Crippen molar-refractivity contribution in [1.29, 1.82) is 0 Å². The molecular formula is C6H16NP2+.